The number of anilines is 2. The fourth-order valence-electron chi connectivity index (χ4n) is 4.06. The standard InChI is InChI=1S/C22H18F2N6O/c1-29-22-19(21(25)26-11-27-22)20(28-29)13-2-5-17-12(8-13)6-7-30(17)18(31)10-14-9-15(23)3-4-16(14)24/h2-5,8-9,11H,6-7,10H2,1H3,(H2,25,26,27). The summed E-state index contributed by atoms with van der Waals surface area (Å²) >= 11 is 0. The maximum absolute atomic E-state index is 13.9. The summed E-state index contributed by atoms with van der Waals surface area (Å²) in [6, 6.07) is 8.81. The van der Waals surface area contributed by atoms with Crippen molar-refractivity contribution in [2.24, 2.45) is 7.05 Å². The van der Waals surface area contributed by atoms with Crippen LogP contribution in [-0.2, 0) is 24.7 Å². The molecule has 0 fully saturated rings. The summed E-state index contributed by atoms with van der Waals surface area (Å²) in [5.74, 6) is -1.09. The number of hydrogen-bond donors (Lipinski definition) is 1. The van der Waals surface area contributed by atoms with Gasteiger partial charge in [-0.1, -0.05) is 6.07 Å². The molecule has 2 aromatic heterocycles. The van der Waals surface area contributed by atoms with Crippen LogP contribution in [0.5, 0.6) is 0 Å². The lowest BCUT2D eigenvalue weighted by Gasteiger charge is -2.18. The Labute approximate surface area is 176 Å². The summed E-state index contributed by atoms with van der Waals surface area (Å²) in [4.78, 5) is 22.7. The van der Waals surface area contributed by atoms with Crippen LogP contribution < -0.4 is 10.6 Å². The van der Waals surface area contributed by atoms with Crippen LogP contribution in [0.1, 0.15) is 11.1 Å². The second kappa shape index (κ2) is 7.12. The number of nitrogens with two attached hydrogens (primary N) is 1. The first-order valence-electron chi connectivity index (χ1n) is 9.73. The summed E-state index contributed by atoms with van der Waals surface area (Å²) in [5, 5.41) is 5.23. The molecule has 5 rings (SSSR count). The fraction of sp³-hybridized carbons (Fsp3) is 0.182. The molecule has 9 heteroatoms. The Morgan fingerprint density at radius 1 is 1.16 bits per heavy atom. The number of amides is 1. The van der Waals surface area contributed by atoms with E-state index in [1.165, 1.54) is 6.33 Å². The minimum Gasteiger partial charge on any atom is -0.383 e. The number of halogens is 2. The van der Waals surface area contributed by atoms with Crippen LogP contribution in [0.25, 0.3) is 22.3 Å². The van der Waals surface area contributed by atoms with Gasteiger partial charge in [-0.15, -0.1) is 0 Å². The molecule has 2 N–H and O–H groups in total. The number of carbonyl (C=O) groups excluding carboxylic acids is 1. The van der Waals surface area contributed by atoms with Crippen LogP contribution in [0.4, 0.5) is 20.3 Å². The van der Waals surface area contributed by atoms with Crippen molar-refractivity contribution in [3.63, 3.8) is 0 Å². The van der Waals surface area contributed by atoms with Crippen molar-refractivity contribution in [1.82, 2.24) is 19.7 Å². The van der Waals surface area contributed by atoms with Gasteiger partial charge in [-0.3, -0.25) is 4.79 Å². The number of hydrogen-bond acceptors (Lipinski definition) is 5. The summed E-state index contributed by atoms with van der Waals surface area (Å²) in [5.41, 5.74) is 9.99. The summed E-state index contributed by atoms with van der Waals surface area (Å²) in [7, 11) is 1.79. The number of nitrogens with zero attached hydrogens (tertiary/aromatic N) is 5. The van der Waals surface area contributed by atoms with Gasteiger partial charge in [0.15, 0.2) is 5.65 Å². The Kier molecular flexibility index (Phi) is 4.39. The van der Waals surface area contributed by atoms with Gasteiger partial charge in [0.05, 0.1) is 11.8 Å². The molecule has 0 atom stereocenters. The van der Waals surface area contributed by atoms with Crippen LogP contribution in [0, 0.1) is 11.6 Å². The lowest BCUT2D eigenvalue weighted by atomic mass is 10.0. The molecule has 0 bridgehead atoms. The molecule has 156 valence electrons. The largest absolute Gasteiger partial charge is 0.383 e. The van der Waals surface area contributed by atoms with E-state index in [-0.39, 0.29) is 17.9 Å². The molecule has 0 radical (unpaired) electrons. The molecule has 3 heterocycles. The molecule has 31 heavy (non-hydrogen) atoms. The number of aryl methyl sites for hydroxylation is 1. The van der Waals surface area contributed by atoms with Gasteiger partial charge >= 0.3 is 0 Å². The molecule has 4 aromatic rings. The molecular formula is C22H18F2N6O. The van der Waals surface area contributed by atoms with Gasteiger partial charge in [0.1, 0.15) is 29.5 Å². The first kappa shape index (κ1) is 19.1. The Bertz CT molecular complexity index is 1350. The molecule has 0 unspecified atom stereocenters. The normalized spacial score (nSPS) is 13.1. The van der Waals surface area contributed by atoms with Crippen molar-refractivity contribution in [3.8, 4) is 11.3 Å². The lowest BCUT2D eigenvalue weighted by Crippen LogP contribution is -2.30. The van der Waals surface area contributed by atoms with Gasteiger partial charge in [0.2, 0.25) is 5.91 Å². The van der Waals surface area contributed by atoms with Gasteiger partial charge in [0, 0.05) is 30.4 Å². The smallest absolute Gasteiger partial charge is 0.231 e. The van der Waals surface area contributed by atoms with E-state index < -0.39 is 11.6 Å². The predicted molar refractivity (Wildman–Crippen MR) is 112 cm³/mol. The zero-order valence-electron chi connectivity index (χ0n) is 16.6. The summed E-state index contributed by atoms with van der Waals surface area (Å²) < 4.78 is 29.0. The Morgan fingerprint density at radius 3 is 2.84 bits per heavy atom. The Hall–Kier alpha value is -3.88. The number of carbonyl (C=O) groups is 1. The van der Waals surface area contributed by atoms with E-state index in [1.807, 2.05) is 18.2 Å². The molecule has 1 amide bonds. The highest BCUT2D eigenvalue weighted by Crippen LogP contribution is 2.35. The van der Waals surface area contributed by atoms with E-state index in [1.54, 1.807) is 16.6 Å². The summed E-state index contributed by atoms with van der Waals surface area (Å²) in [6.45, 7) is 0.475. The Morgan fingerprint density at radius 2 is 2.00 bits per heavy atom. The van der Waals surface area contributed by atoms with E-state index in [4.69, 9.17) is 5.73 Å². The summed E-state index contributed by atoms with van der Waals surface area (Å²) in [6.07, 6.45) is 1.84. The highest BCUT2D eigenvalue weighted by Gasteiger charge is 2.26. The molecular weight excluding hydrogens is 402 g/mol. The lowest BCUT2D eigenvalue weighted by molar-refractivity contribution is -0.117. The van der Waals surface area contributed by atoms with E-state index in [2.05, 4.69) is 15.1 Å². The molecule has 1 aliphatic rings. The number of fused-ring (bicyclic) bond motifs is 2. The van der Waals surface area contributed by atoms with Crippen LogP contribution in [0.15, 0.2) is 42.7 Å². The molecule has 7 nitrogen and oxygen atoms in total. The topological polar surface area (TPSA) is 89.9 Å². The quantitative estimate of drug-likeness (QED) is 0.550. The third kappa shape index (κ3) is 3.18. The average molecular weight is 420 g/mol. The average Bonchev–Trinajstić information content (AvgIpc) is 3.32. The van der Waals surface area contributed by atoms with E-state index >= 15 is 0 Å². The molecule has 0 spiro atoms. The van der Waals surface area contributed by atoms with Crippen molar-refractivity contribution in [1.29, 1.82) is 0 Å². The van der Waals surface area contributed by atoms with Crippen molar-refractivity contribution in [2.45, 2.75) is 12.8 Å². The highest BCUT2D eigenvalue weighted by molar-refractivity contribution is 6.00. The minimum atomic E-state index is -0.591. The maximum Gasteiger partial charge on any atom is 0.231 e. The van der Waals surface area contributed by atoms with E-state index in [0.29, 0.717) is 35.5 Å². The highest BCUT2D eigenvalue weighted by atomic mass is 19.1. The third-order valence-corrected chi connectivity index (χ3v) is 5.55. The van der Waals surface area contributed by atoms with Gasteiger partial charge in [-0.25, -0.2) is 23.4 Å². The van der Waals surface area contributed by atoms with Crippen LogP contribution >= 0.6 is 0 Å². The maximum atomic E-state index is 13.9. The monoisotopic (exact) mass is 420 g/mol. The van der Waals surface area contributed by atoms with Crippen molar-refractivity contribution >= 4 is 28.4 Å². The number of rotatable bonds is 3. The molecule has 2 aromatic carbocycles. The first-order valence-corrected chi connectivity index (χ1v) is 9.73. The fourth-order valence-corrected chi connectivity index (χ4v) is 4.06. The van der Waals surface area contributed by atoms with Crippen LogP contribution in [-0.4, -0.2) is 32.2 Å². The first-order chi connectivity index (χ1) is 14.9. The van der Waals surface area contributed by atoms with Crippen molar-refractivity contribution < 1.29 is 13.6 Å². The van der Waals surface area contributed by atoms with Crippen LogP contribution in [0.3, 0.4) is 0 Å². The zero-order valence-corrected chi connectivity index (χ0v) is 16.6. The van der Waals surface area contributed by atoms with Crippen molar-refractivity contribution in [3.05, 3.63) is 65.5 Å². The van der Waals surface area contributed by atoms with Gasteiger partial charge in [-0.05, 0) is 42.3 Å². The second-order valence-electron chi connectivity index (χ2n) is 7.48. The SMILES string of the molecule is Cn1nc(-c2ccc3c(c2)CCN3C(=O)Cc2cc(F)ccc2F)c2c(N)ncnc21. The molecule has 0 saturated heterocycles. The molecule has 0 aliphatic carbocycles. The van der Waals surface area contributed by atoms with E-state index in [9.17, 15) is 13.6 Å². The number of benzene rings is 2. The van der Waals surface area contributed by atoms with Gasteiger partial charge in [-0.2, -0.15) is 5.10 Å². The third-order valence-electron chi connectivity index (χ3n) is 5.55. The molecule has 1 aliphatic heterocycles. The Balaban J connectivity index is 1.47. The van der Waals surface area contributed by atoms with Crippen LogP contribution in [0.2, 0.25) is 0 Å². The van der Waals surface area contributed by atoms with Gasteiger partial charge < -0.3 is 10.6 Å². The number of aromatic nitrogens is 4. The second-order valence-corrected chi connectivity index (χ2v) is 7.48. The zero-order chi connectivity index (χ0) is 21.7. The molecule has 0 saturated carbocycles. The minimum absolute atomic E-state index is 0.0468. The van der Waals surface area contributed by atoms with E-state index in [0.717, 1.165) is 35.0 Å². The number of nitrogen functional groups attached to an aromatic ring is 1. The van der Waals surface area contributed by atoms with Gasteiger partial charge in [0.25, 0.3) is 0 Å². The predicted octanol–water partition coefficient (Wildman–Crippen LogP) is 3.02. The van der Waals surface area contributed by atoms with Crippen molar-refractivity contribution in [2.75, 3.05) is 17.2 Å².